The minimum Gasteiger partial charge on any atom is -0.345 e. The number of aryl methyl sites for hydroxylation is 1. The lowest BCUT2D eigenvalue weighted by molar-refractivity contribution is -0.117. The van der Waals surface area contributed by atoms with Gasteiger partial charge in [-0.05, 0) is 37.6 Å². The van der Waals surface area contributed by atoms with E-state index in [1.807, 2.05) is 66.2 Å². The summed E-state index contributed by atoms with van der Waals surface area (Å²) in [6.07, 6.45) is 3.80. The summed E-state index contributed by atoms with van der Waals surface area (Å²) in [7, 11) is 0. The fraction of sp³-hybridized carbons (Fsp3) is 0.211. The van der Waals surface area contributed by atoms with E-state index in [-0.39, 0.29) is 12.5 Å². The summed E-state index contributed by atoms with van der Waals surface area (Å²) in [6, 6.07) is 13.6. The molecule has 0 atom stereocenters. The molecule has 0 bridgehead atoms. The van der Waals surface area contributed by atoms with Crippen LogP contribution < -0.4 is 5.32 Å². The molecule has 0 unspecified atom stereocenters. The van der Waals surface area contributed by atoms with Crippen LogP contribution in [0.5, 0.6) is 0 Å². The third-order valence-corrected chi connectivity index (χ3v) is 3.81. The van der Waals surface area contributed by atoms with Crippen LogP contribution in [-0.2, 0) is 17.9 Å². The molecule has 0 fully saturated rings. The van der Waals surface area contributed by atoms with E-state index in [9.17, 15) is 4.79 Å². The van der Waals surface area contributed by atoms with Crippen molar-refractivity contribution < 1.29 is 9.32 Å². The van der Waals surface area contributed by atoms with Crippen molar-refractivity contribution in [1.29, 1.82) is 0 Å². The number of hydrogen-bond donors (Lipinski definition) is 1. The highest BCUT2D eigenvalue weighted by Crippen LogP contribution is 2.16. The lowest BCUT2D eigenvalue weighted by Gasteiger charge is -2.03. The Labute approximate surface area is 146 Å². The maximum Gasteiger partial charge on any atom is 0.247 e. The molecule has 0 aliphatic heterocycles. The largest absolute Gasteiger partial charge is 0.345 e. The molecule has 1 amide bonds. The van der Waals surface area contributed by atoms with Gasteiger partial charge in [-0.15, -0.1) is 0 Å². The van der Waals surface area contributed by atoms with Gasteiger partial charge in [0.1, 0.15) is 0 Å². The van der Waals surface area contributed by atoms with Crippen molar-refractivity contribution in [2.45, 2.75) is 26.9 Å². The van der Waals surface area contributed by atoms with Crippen LogP contribution in [0.3, 0.4) is 0 Å². The smallest absolute Gasteiger partial charge is 0.247 e. The molecular weight excluding hydrogens is 316 g/mol. The third kappa shape index (κ3) is 4.03. The second-order valence-corrected chi connectivity index (χ2v) is 5.61. The number of nitrogens with one attached hydrogen (secondary N) is 1. The standard InChI is InChI=1S/C19H20N4O2/c1-3-23-11-7-10-16(23)18-21-17(25-22-18)13-20-19(24)14(2)12-15-8-5-4-6-9-15/h4-12H,3,13H2,1-2H3,(H,20,24)/b14-12+. The predicted octanol–water partition coefficient (Wildman–Crippen LogP) is 3.28. The first-order valence-corrected chi connectivity index (χ1v) is 8.17. The van der Waals surface area contributed by atoms with Crippen LogP contribution in [0.2, 0.25) is 0 Å². The molecule has 128 valence electrons. The van der Waals surface area contributed by atoms with Crippen LogP contribution in [0.4, 0.5) is 0 Å². The van der Waals surface area contributed by atoms with Crippen LogP contribution in [0.15, 0.2) is 58.8 Å². The summed E-state index contributed by atoms with van der Waals surface area (Å²) in [4.78, 5) is 16.5. The Morgan fingerprint density at radius 2 is 2.04 bits per heavy atom. The Bertz CT molecular complexity index is 878. The molecule has 3 rings (SSSR count). The summed E-state index contributed by atoms with van der Waals surface area (Å²) in [5, 5.41) is 6.78. The van der Waals surface area contributed by atoms with Crippen LogP contribution in [0.1, 0.15) is 25.3 Å². The number of amides is 1. The second-order valence-electron chi connectivity index (χ2n) is 5.61. The van der Waals surface area contributed by atoms with Crippen LogP contribution in [0.25, 0.3) is 17.6 Å². The van der Waals surface area contributed by atoms with Crippen molar-refractivity contribution in [2.24, 2.45) is 0 Å². The summed E-state index contributed by atoms with van der Waals surface area (Å²) >= 11 is 0. The average Bonchev–Trinajstić information content (AvgIpc) is 3.29. The van der Waals surface area contributed by atoms with Crippen molar-refractivity contribution in [3.63, 3.8) is 0 Å². The number of benzene rings is 1. The monoisotopic (exact) mass is 336 g/mol. The van der Waals surface area contributed by atoms with Crippen LogP contribution >= 0.6 is 0 Å². The van der Waals surface area contributed by atoms with Crippen molar-refractivity contribution in [1.82, 2.24) is 20.0 Å². The van der Waals surface area contributed by atoms with E-state index in [1.54, 1.807) is 6.92 Å². The molecule has 0 saturated heterocycles. The number of nitrogens with zero attached hydrogens (tertiary/aromatic N) is 3. The Morgan fingerprint density at radius 1 is 1.24 bits per heavy atom. The van der Waals surface area contributed by atoms with Gasteiger partial charge in [-0.25, -0.2) is 0 Å². The lowest BCUT2D eigenvalue weighted by Crippen LogP contribution is -2.23. The van der Waals surface area contributed by atoms with E-state index >= 15 is 0 Å². The normalized spacial score (nSPS) is 11.5. The Hall–Kier alpha value is -3.15. The molecule has 6 heteroatoms. The SMILES string of the molecule is CCn1cccc1-c1noc(CNC(=O)/C(C)=C/c2ccccc2)n1. The Morgan fingerprint density at radius 3 is 2.80 bits per heavy atom. The van der Waals surface area contributed by atoms with Gasteiger partial charge in [0.2, 0.25) is 17.6 Å². The highest BCUT2D eigenvalue weighted by Gasteiger charge is 2.13. The zero-order valence-electron chi connectivity index (χ0n) is 14.3. The topological polar surface area (TPSA) is 73.0 Å². The first kappa shape index (κ1) is 16.7. The number of hydrogen-bond acceptors (Lipinski definition) is 4. The van der Waals surface area contributed by atoms with Gasteiger partial charge in [-0.2, -0.15) is 4.98 Å². The highest BCUT2D eigenvalue weighted by atomic mass is 16.5. The van der Waals surface area contributed by atoms with E-state index in [4.69, 9.17) is 4.52 Å². The molecular formula is C19H20N4O2. The number of carbonyl (C=O) groups is 1. The van der Waals surface area contributed by atoms with Crippen molar-refractivity contribution in [3.8, 4) is 11.5 Å². The summed E-state index contributed by atoms with van der Waals surface area (Å²) in [5.74, 6) is 0.730. The molecule has 1 aromatic carbocycles. The number of carbonyl (C=O) groups excluding carboxylic acids is 1. The van der Waals surface area contributed by atoms with E-state index in [2.05, 4.69) is 15.5 Å². The van der Waals surface area contributed by atoms with Gasteiger partial charge < -0.3 is 14.4 Å². The summed E-state index contributed by atoms with van der Waals surface area (Å²) < 4.78 is 7.26. The lowest BCUT2D eigenvalue weighted by atomic mass is 10.1. The van der Waals surface area contributed by atoms with Gasteiger partial charge in [0.15, 0.2) is 0 Å². The average molecular weight is 336 g/mol. The molecule has 0 aliphatic rings. The maximum atomic E-state index is 12.2. The molecule has 0 radical (unpaired) electrons. The van der Waals surface area contributed by atoms with Gasteiger partial charge >= 0.3 is 0 Å². The number of aromatic nitrogens is 3. The Balaban J connectivity index is 1.62. The molecule has 0 spiro atoms. The maximum absolute atomic E-state index is 12.2. The van der Waals surface area contributed by atoms with Gasteiger partial charge in [0.05, 0.1) is 12.2 Å². The third-order valence-electron chi connectivity index (χ3n) is 3.81. The van der Waals surface area contributed by atoms with E-state index < -0.39 is 0 Å². The van der Waals surface area contributed by atoms with Gasteiger partial charge in [0.25, 0.3) is 0 Å². The summed E-state index contributed by atoms with van der Waals surface area (Å²) in [6.45, 7) is 4.84. The molecule has 1 N–H and O–H groups in total. The van der Waals surface area contributed by atoms with Crippen LogP contribution in [-0.4, -0.2) is 20.6 Å². The number of rotatable bonds is 6. The van der Waals surface area contributed by atoms with Crippen molar-refractivity contribution in [3.05, 3.63) is 65.7 Å². The molecule has 0 aliphatic carbocycles. The van der Waals surface area contributed by atoms with E-state index in [0.717, 1.165) is 17.8 Å². The van der Waals surface area contributed by atoms with Gasteiger partial charge in [-0.1, -0.05) is 35.5 Å². The minimum atomic E-state index is -0.166. The molecule has 3 aromatic rings. The van der Waals surface area contributed by atoms with E-state index in [1.165, 1.54) is 0 Å². The zero-order chi connectivity index (χ0) is 17.6. The fourth-order valence-electron chi connectivity index (χ4n) is 2.48. The molecule has 2 heterocycles. The molecule has 6 nitrogen and oxygen atoms in total. The minimum absolute atomic E-state index is 0.166. The Kier molecular flexibility index (Phi) is 5.09. The zero-order valence-corrected chi connectivity index (χ0v) is 14.3. The summed E-state index contributed by atoms with van der Waals surface area (Å²) in [5.41, 5.74) is 2.49. The van der Waals surface area contributed by atoms with Crippen molar-refractivity contribution >= 4 is 12.0 Å². The molecule has 25 heavy (non-hydrogen) atoms. The first-order valence-electron chi connectivity index (χ1n) is 8.17. The highest BCUT2D eigenvalue weighted by molar-refractivity contribution is 5.97. The van der Waals surface area contributed by atoms with Gasteiger partial charge in [0, 0.05) is 18.3 Å². The molecule has 0 saturated carbocycles. The predicted molar refractivity (Wildman–Crippen MR) is 95.3 cm³/mol. The second kappa shape index (κ2) is 7.61. The first-order chi connectivity index (χ1) is 12.2. The quantitative estimate of drug-likeness (QED) is 0.701. The van der Waals surface area contributed by atoms with Crippen LogP contribution in [0, 0.1) is 0 Å². The van der Waals surface area contributed by atoms with Gasteiger partial charge in [-0.3, -0.25) is 4.79 Å². The molecule has 2 aromatic heterocycles. The fourth-order valence-corrected chi connectivity index (χ4v) is 2.48. The van der Waals surface area contributed by atoms with Crippen molar-refractivity contribution in [2.75, 3.05) is 0 Å². The van der Waals surface area contributed by atoms with E-state index in [0.29, 0.717) is 17.3 Å².